The molecule has 0 fully saturated rings. The molecule has 45 valence electrons. The average Bonchev–Trinajstić information content (AvgIpc) is 1.88. The quantitative estimate of drug-likeness (QED) is 0.516. The second-order valence-corrected chi connectivity index (χ2v) is 1.58. The van der Waals surface area contributed by atoms with E-state index in [1.807, 2.05) is 0 Å². The zero-order valence-electron chi connectivity index (χ0n) is 4.60. The van der Waals surface area contributed by atoms with Crippen molar-refractivity contribution in [3.05, 3.63) is 35.6 Å². The van der Waals surface area contributed by atoms with Gasteiger partial charge in [-0.25, -0.2) is 4.39 Å². The van der Waals surface area contributed by atoms with E-state index in [4.69, 9.17) is 0 Å². The first-order chi connectivity index (χ1) is 4.33. The molecule has 0 heterocycles. The molecule has 1 rings (SSSR count). The third-order valence-corrected chi connectivity index (χ3v) is 0.913. The number of hydrogen-bond acceptors (Lipinski definition) is 1. The summed E-state index contributed by atoms with van der Waals surface area (Å²) >= 11 is 0. The Morgan fingerprint density at radius 1 is 1.67 bits per heavy atom. The van der Waals surface area contributed by atoms with Gasteiger partial charge >= 0.3 is 0 Å². The number of benzene rings is 1. The van der Waals surface area contributed by atoms with Crippen LogP contribution in [0.4, 0.5) is 4.39 Å². The fourth-order valence-corrected chi connectivity index (χ4v) is 0.524. The molecule has 9 heavy (non-hydrogen) atoms. The van der Waals surface area contributed by atoms with E-state index in [0.29, 0.717) is 6.29 Å². The van der Waals surface area contributed by atoms with Crippen LogP contribution in [0.2, 0.25) is 0 Å². The van der Waals surface area contributed by atoms with Crippen LogP contribution in [0.15, 0.2) is 18.2 Å². The number of carbonyl (C=O) groups is 1. The molecule has 0 aliphatic rings. The minimum absolute atomic E-state index is 0.245. The van der Waals surface area contributed by atoms with E-state index in [-0.39, 0.29) is 5.56 Å². The summed E-state index contributed by atoms with van der Waals surface area (Å²) < 4.78 is 12.2. The van der Waals surface area contributed by atoms with Gasteiger partial charge in [-0.05, 0) is 18.2 Å². The smallest absolute Gasteiger partial charge is 0.150 e. The average molecular weight is 123 g/mol. The van der Waals surface area contributed by atoms with Gasteiger partial charge < -0.3 is 0 Å². The van der Waals surface area contributed by atoms with Gasteiger partial charge in [0.25, 0.3) is 0 Å². The molecular weight excluding hydrogens is 119 g/mol. The number of hydrogen-bond donors (Lipinski definition) is 0. The van der Waals surface area contributed by atoms with Crippen molar-refractivity contribution in [3.8, 4) is 0 Å². The Hall–Kier alpha value is -1.18. The summed E-state index contributed by atoms with van der Waals surface area (Å²) in [5.74, 6) is -0.407. The highest BCUT2D eigenvalue weighted by atomic mass is 19.1. The number of halogens is 1. The molecule has 0 unspecified atom stereocenters. The fraction of sp³-hybridized carbons (Fsp3) is 0. The zero-order valence-corrected chi connectivity index (χ0v) is 4.60. The van der Waals surface area contributed by atoms with Crippen LogP contribution in [0.1, 0.15) is 10.4 Å². The lowest BCUT2D eigenvalue weighted by Crippen LogP contribution is -1.79. The van der Waals surface area contributed by atoms with Gasteiger partial charge in [-0.1, -0.05) is 6.07 Å². The van der Waals surface area contributed by atoms with Crippen molar-refractivity contribution in [2.45, 2.75) is 0 Å². The Kier molecular flexibility index (Phi) is 1.58. The van der Waals surface area contributed by atoms with Crippen LogP contribution in [0.3, 0.4) is 0 Å². The van der Waals surface area contributed by atoms with Crippen LogP contribution in [0.5, 0.6) is 0 Å². The van der Waals surface area contributed by atoms with Gasteiger partial charge in [0.1, 0.15) is 5.82 Å². The van der Waals surface area contributed by atoms with Crippen molar-refractivity contribution in [3.63, 3.8) is 0 Å². The molecule has 0 N–H and O–H groups in total. The van der Waals surface area contributed by atoms with E-state index in [2.05, 4.69) is 6.07 Å². The zero-order chi connectivity index (χ0) is 6.69. The summed E-state index contributed by atoms with van der Waals surface area (Å²) in [6, 6.07) is 6.30. The number of carbonyl (C=O) groups excluding carboxylic acids is 1. The second kappa shape index (κ2) is 2.40. The SMILES string of the molecule is O=Cc1[c]ccc(F)c1. The van der Waals surface area contributed by atoms with Gasteiger partial charge in [0.15, 0.2) is 6.29 Å². The summed E-state index contributed by atoms with van der Waals surface area (Å²) in [6.45, 7) is 0. The Morgan fingerprint density at radius 3 is 2.89 bits per heavy atom. The van der Waals surface area contributed by atoms with Crippen LogP contribution >= 0.6 is 0 Å². The van der Waals surface area contributed by atoms with Crippen molar-refractivity contribution in [2.75, 3.05) is 0 Å². The van der Waals surface area contributed by atoms with E-state index in [1.54, 1.807) is 0 Å². The highest BCUT2D eigenvalue weighted by Gasteiger charge is 1.90. The Balaban J connectivity index is 3.07. The van der Waals surface area contributed by atoms with Gasteiger partial charge in [0.2, 0.25) is 0 Å². The molecule has 1 nitrogen and oxygen atoms in total. The van der Waals surface area contributed by atoms with Gasteiger partial charge in [0.05, 0.1) is 0 Å². The molecular formula is C7H4FO. The minimum atomic E-state index is -0.407. The summed E-state index contributed by atoms with van der Waals surface area (Å²) in [7, 11) is 0. The van der Waals surface area contributed by atoms with Crippen molar-refractivity contribution in [1.29, 1.82) is 0 Å². The van der Waals surface area contributed by atoms with Crippen LogP contribution in [0, 0.1) is 11.9 Å². The summed E-state index contributed by atoms with van der Waals surface area (Å²) in [5, 5.41) is 0. The highest BCUT2D eigenvalue weighted by molar-refractivity contribution is 5.73. The Morgan fingerprint density at radius 2 is 2.44 bits per heavy atom. The maximum atomic E-state index is 12.2. The third-order valence-electron chi connectivity index (χ3n) is 0.913. The Bertz CT molecular complexity index is 220. The normalized spacial score (nSPS) is 9.00. The molecule has 0 aromatic heterocycles. The van der Waals surface area contributed by atoms with E-state index >= 15 is 0 Å². The molecule has 0 bridgehead atoms. The molecule has 0 spiro atoms. The number of aldehydes is 1. The molecule has 0 saturated carbocycles. The van der Waals surface area contributed by atoms with Gasteiger partial charge in [-0.15, -0.1) is 0 Å². The van der Waals surface area contributed by atoms with Crippen molar-refractivity contribution < 1.29 is 9.18 Å². The van der Waals surface area contributed by atoms with Gasteiger partial charge in [0, 0.05) is 5.56 Å². The lowest BCUT2D eigenvalue weighted by molar-refractivity contribution is 0.112. The van der Waals surface area contributed by atoms with Crippen LogP contribution in [-0.4, -0.2) is 6.29 Å². The van der Waals surface area contributed by atoms with Gasteiger partial charge in [-0.3, -0.25) is 4.79 Å². The predicted molar refractivity (Wildman–Crippen MR) is 30.6 cm³/mol. The summed E-state index contributed by atoms with van der Waals surface area (Å²) in [5.41, 5.74) is 0.245. The largest absolute Gasteiger partial charge is 0.298 e. The molecule has 2 heteroatoms. The first kappa shape index (κ1) is 5.95. The minimum Gasteiger partial charge on any atom is -0.298 e. The predicted octanol–water partition coefficient (Wildman–Crippen LogP) is 1.44. The van der Waals surface area contributed by atoms with Crippen molar-refractivity contribution in [2.24, 2.45) is 0 Å². The van der Waals surface area contributed by atoms with E-state index < -0.39 is 5.82 Å². The monoisotopic (exact) mass is 123 g/mol. The first-order valence-corrected chi connectivity index (χ1v) is 2.45. The van der Waals surface area contributed by atoms with Crippen molar-refractivity contribution >= 4 is 6.29 Å². The lowest BCUT2D eigenvalue weighted by atomic mass is 10.2. The third kappa shape index (κ3) is 1.35. The van der Waals surface area contributed by atoms with E-state index in [9.17, 15) is 9.18 Å². The molecule has 0 aliphatic heterocycles. The molecule has 1 aromatic rings. The Labute approximate surface area is 52.1 Å². The maximum absolute atomic E-state index is 12.2. The van der Waals surface area contributed by atoms with E-state index in [0.717, 1.165) is 6.07 Å². The number of rotatable bonds is 1. The highest BCUT2D eigenvalue weighted by Crippen LogP contribution is 1.98. The standard InChI is InChI=1S/C7H4FO/c8-7-3-1-2-6(4-7)5-9/h1,3-5H. The fourth-order valence-electron chi connectivity index (χ4n) is 0.524. The van der Waals surface area contributed by atoms with Crippen molar-refractivity contribution in [1.82, 2.24) is 0 Å². The van der Waals surface area contributed by atoms with Crippen LogP contribution < -0.4 is 0 Å². The molecule has 0 amide bonds. The second-order valence-electron chi connectivity index (χ2n) is 1.58. The van der Waals surface area contributed by atoms with Crippen LogP contribution in [-0.2, 0) is 0 Å². The molecule has 0 atom stereocenters. The summed E-state index contributed by atoms with van der Waals surface area (Å²) in [4.78, 5) is 9.96. The van der Waals surface area contributed by atoms with E-state index in [1.165, 1.54) is 12.1 Å². The topological polar surface area (TPSA) is 17.1 Å². The molecule has 0 aliphatic carbocycles. The van der Waals surface area contributed by atoms with Gasteiger partial charge in [-0.2, -0.15) is 0 Å². The lowest BCUT2D eigenvalue weighted by Gasteiger charge is -1.86. The first-order valence-electron chi connectivity index (χ1n) is 2.45. The van der Waals surface area contributed by atoms with Crippen LogP contribution in [0.25, 0.3) is 0 Å². The molecule has 0 saturated heterocycles. The molecule has 1 radical (unpaired) electrons. The summed E-state index contributed by atoms with van der Waals surface area (Å²) in [6.07, 6.45) is 0.559. The maximum Gasteiger partial charge on any atom is 0.150 e. The molecule has 1 aromatic carbocycles.